The van der Waals surface area contributed by atoms with Gasteiger partial charge in [-0.1, -0.05) is 26.0 Å². The number of nitro groups is 1. The van der Waals surface area contributed by atoms with Gasteiger partial charge < -0.3 is 5.32 Å². The van der Waals surface area contributed by atoms with Crippen LogP contribution in [0.5, 0.6) is 0 Å². The maximum absolute atomic E-state index is 11.9. The number of rotatable bonds is 5. The Kier molecular flexibility index (Phi) is 4.88. The Bertz CT molecular complexity index is 661. The van der Waals surface area contributed by atoms with Crippen molar-refractivity contribution in [3.8, 4) is 11.1 Å². The van der Waals surface area contributed by atoms with E-state index in [4.69, 9.17) is 0 Å². The lowest BCUT2D eigenvalue weighted by atomic mass is 10.0. The molecule has 114 valence electrons. The van der Waals surface area contributed by atoms with Crippen LogP contribution in [0.2, 0.25) is 0 Å². The molecule has 0 radical (unpaired) electrons. The predicted octanol–water partition coefficient (Wildman–Crippen LogP) is 3.65. The van der Waals surface area contributed by atoms with E-state index in [2.05, 4.69) is 5.32 Å². The molecule has 2 aromatic rings. The summed E-state index contributed by atoms with van der Waals surface area (Å²) in [5.41, 5.74) is 2.45. The van der Waals surface area contributed by atoms with Gasteiger partial charge in [0.05, 0.1) is 4.92 Å². The van der Waals surface area contributed by atoms with Gasteiger partial charge in [0.1, 0.15) is 0 Å². The summed E-state index contributed by atoms with van der Waals surface area (Å²) in [6.45, 7) is 4.72. The number of carbonyl (C=O) groups is 1. The quantitative estimate of drug-likeness (QED) is 0.676. The molecule has 0 saturated carbocycles. The molecular formula is C17H18N2O3. The zero-order chi connectivity index (χ0) is 16.1. The third kappa shape index (κ3) is 3.91. The Morgan fingerprint density at radius 2 is 1.55 bits per heavy atom. The van der Waals surface area contributed by atoms with E-state index in [1.54, 1.807) is 24.3 Å². The highest BCUT2D eigenvalue weighted by molar-refractivity contribution is 5.94. The van der Waals surface area contributed by atoms with Crippen LogP contribution in [0.25, 0.3) is 11.1 Å². The fourth-order valence-electron chi connectivity index (χ4n) is 1.99. The number of non-ortho nitro benzene ring substituents is 1. The lowest BCUT2D eigenvalue weighted by molar-refractivity contribution is -0.384. The molecule has 0 fully saturated rings. The van der Waals surface area contributed by atoms with Crippen molar-refractivity contribution in [2.75, 3.05) is 6.54 Å². The van der Waals surface area contributed by atoms with Crippen LogP contribution in [-0.2, 0) is 0 Å². The largest absolute Gasteiger partial charge is 0.352 e. The van der Waals surface area contributed by atoms with Crippen molar-refractivity contribution in [1.82, 2.24) is 5.32 Å². The fourth-order valence-corrected chi connectivity index (χ4v) is 1.99. The smallest absolute Gasteiger partial charge is 0.269 e. The highest BCUT2D eigenvalue weighted by atomic mass is 16.6. The minimum Gasteiger partial charge on any atom is -0.352 e. The van der Waals surface area contributed by atoms with Crippen LogP contribution in [-0.4, -0.2) is 17.4 Å². The van der Waals surface area contributed by atoms with Crippen molar-refractivity contribution in [3.63, 3.8) is 0 Å². The molecule has 0 bridgehead atoms. The van der Waals surface area contributed by atoms with E-state index < -0.39 is 4.92 Å². The number of carbonyl (C=O) groups excluding carboxylic acids is 1. The molecule has 1 amide bonds. The van der Waals surface area contributed by atoms with E-state index in [1.165, 1.54) is 12.1 Å². The van der Waals surface area contributed by atoms with Gasteiger partial charge in [-0.05, 0) is 41.3 Å². The lowest BCUT2D eigenvalue weighted by Gasteiger charge is -2.08. The summed E-state index contributed by atoms with van der Waals surface area (Å²) in [4.78, 5) is 22.1. The summed E-state index contributed by atoms with van der Waals surface area (Å²) in [5, 5.41) is 13.5. The molecule has 0 aliphatic heterocycles. The molecule has 2 rings (SSSR count). The molecule has 0 aliphatic carbocycles. The summed E-state index contributed by atoms with van der Waals surface area (Å²) in [7, 11) is 0. The van der Waals surface area contributed by atoms with Gasteiger partial charge in [-0.2, -0.15) is 0 Å². The monoisotopic (exact) mass is 298 g/mol. The van der Waals surface area contributed by atoms with Gasteiger partial charge in [-0.25, -0.2) is 0 Å². The number of nitrogens with zero attached hydrogens (tertiary/aromatic N) is 1. The maximum Gasteiger partial charge on any atom is 0.269 e. The van der Waals surface area contributed by atoms with Crippen LogP contribution in [0.15, 0.2) is 48.5 Å². The molecule has 0 spiro atoms. The highest BCUT2D eigenvalue weighted by Crippen LogP contribution is 2.22. The first kappa shape index (κ1) is 15.7. The normalized spacial score (nSPS) is 10.5. The summed E-state index contributed by atoms with van der Waals surface area (Å²) in [6.07, 6.45) is 0. The van der Waals surface area contributed by atoms with Crippen LogP contribution in [0, 0.1) is 16.0 Å². The highest BCUT2D eigenvalue weighted by Gasteiger charge is 2.08. The molecule has 5 heteroatoms. The van der Waals surface area contributed by atoms with Gasteiger partial charge in [-0.3, -0.25) is 14.9 Å². The minimum atomic E-state index is -0.425. The third-order valence-corrected chi connectivity index (χ3v) is 3.23. The Hall–Kier alpha value is -2.69. The van der Waals surface area contributed by atoms with Gasteiger partial charge in [0.2, 0.25) is 0 Å². The standard InChI is InChI=1S/C17H18N2O3/c1-12(2)11-18-17(20)15-5-3-13(4-6-15)14-7-9-16(10-8-14)19(21)22/h3-10,12H,11H2,1-2H3,(H,18,20). The molecule has 5 nitrogen and oxygen atoms in total. The van der Waals surface area contributed by atoms with E-state index in [1.807, 2.05) is 26.0 Å². The van der Waals surface area contributed by atoms with Gasteiger partial charge in [0.25, 0.3) is 11.6 Å². The predicted molar refractivity (Wildman–Crippen MR) is 85.7 cm³/mol. The van der Waals surface area contributed by atoms with Gasteiger partial charge in [0.15, 0.2) is 0 Å². The number of nitrogens with one attached hydrogen (secondary N) is 1. The van der Waals surface area contributed by atoms with Gasteiger partial charge >= 0.3 is 0 Å². The van der Waals surface area contributed by atoms with Crippen LogP contribution < -0.4 is 5.32 Å². The molecule has 0 aliphatic rings. The molecule has 0 aromatic heterocycles. The molecule has 0 heterocycles. The Morgan fingerprint density at radius 3 is 2.00 bits per heavy atom. The van der Waals surface area contributed by atoms with Gasteiger partial charge in [-0.15, -0.1) is 0 Å². The fraction of sp³-hybridized carbons (Fsp3) is 0.235. The van der Waals surface area contributed by atoms with Crippen LogP contribution >= 0.6 is 0 Å². The SMILES string of the molecule is CC(C)CNC(=O)c1ccc(-c2ccc([N+](=O)[O-])cc2)cc1. The van der Waals surface area contributed by atoms with Crippen molar-refractivity contribution in [2.45, 2.75) is 13.8 Å². The number of hydrogen-bond acceptors (Lipinski definition) is 3. The zero-order valence-corrected chi connectivity index (χ0v) is 12.6. The van der Waals surface area contributed by atoms with E-state index in [0.717, 1.165) is 11.1 Å². The van der Waals surface area contributed by atoms with Crippen molar-refractivity contribution >= 4 is 11.6 Å². The molecule has 1 N–H and O–H groups in total. The Morgan fingerprint density at radius 1 is 1.05 bits per heavy atom. The molecule has 0 unspecified atom stereocenters. The van der Waals surface area contributed by atoms with Crippen molar-refractivity contribution in [2.24, 2.45) is 5.92 Å². The van der Waals surface area contributed by atoms with Crippen molar-refractivity contribution in [1.29, 1.82) is 0 Å². The molecule has 22 heavy (non-hydrogen) atoms. The second-order valence-electron chi connectivity index (χ2n) is 5.49. The van der Waals surface area contributed by atoms with E-state index >= 15 is 0 Å². The molecular weight excluding hydrogens is 280 g/mol. The summed E-state index contributed by atoms with van der Waals surface area (Å²) >= 11 is 0. The minimum absolute atomic E-state index is 0.0634. The Balaban J connectivity index is 2.11. The lowest BCUT2D eigenvalue weighted by Crippen LogP contribution is -2.27. The van der Waals surface area contributed by atoms with E-state index in [0.29, 0.717) is 18.0 Å². The first-order chi connectivity index (χ1) is 10.5. The maximum atomic E-state index is 11.9. The number of nitro benzene ring substituents is 1. The zero-order valence-electron chi connectivity index (χ0n) is 12.6. The Labute approximate surface area is 129 Å². The summed E-state index contributed by atoms with van der Waals surface area (Å²) in [5.74, 6) is 0.312. The van der Waals surface area contributed by atoms with Gasteiger partial charge in [0, 0.05) is 24.2 Å². The average molecular weight is 298 g/mol. The van der Waals surface area contributed by atoms with Crippen molar-refractivity contribution < 1.29 is 9.72 Å². The van der Waals surface area contributed by atoms with Crippen LogP contribution in [0.3, 0.4) is 0 Å². The van der Waals surface area contributed by atoms with Crippen molar-refractivity contribution in [3.05, 3.63) is 64.2 Å². The molecule has 0 saturated heterocycles. The first-order valence-corrected chi connectivity index (χ1v) is 7.10. The number of hydrogen-bond donors (Lipinski definition) is 1. The second kappa shape index (κ2) is 6.85. The van der Waals surface area contributed by atoms with Crippen LogP contribution in [0.4, 0.5) is 5.69 Å². The molecule has 2 aromatic carbocycles. The third-order valence-electron chi connectivity index (χ3n) is 3.23. The van der Waals surface area contributed by atoms with E-state index in [9.17, 15) is 14.9 Å². The van der Waals surface area contributed by atoms with E-state index in [-0.39, 0.29) is 11.6 Å². The number of benzene rings is 2. The first-order valence-electron chi connectivity index (χ1n) is 7.10. The summed E-state index contributed by atoms with van der Waals surface area (Å²) < 4.78 is 0. The molecule has 0 atom stereocenters. The van der Waals surface area contributed by atoms with Crippen LogP contribution in [0.1, 0.15) is 24.2 Å². The average Bonchev–Trinajstić information content (AvgIpc) is 2.53. The summed E-state index contributed by atoms with van der Waals surface area (Å²) in [6, 6.07) is 13.5. The second-order valence-corrected chi connectivity index (χ2v) is 5.49. The topological polar surface area (TPSA) is 72.2 Å². The number of amides is 1.